The minimum Gasteiger partial charge on any atom is -0.493 e. The molecule has 3 amide bonds. The van der Waals surface area contributed by atoms with Gasteiger partial charge in [0.25, 0.3) is 0 Å². The van der Waals surface area contributed by atoms with Gasteiger partial charge in [0.1, 0.15) is 11.6 Å². The summed E-state index contributed by atoms with van der Waals surface area (Å²) in [6.45, 7) is 5.09. The van der Waals surface area contributed by atoms with Crippen molar-refractivity contribution in [2.75, 3.05) is 52.4 Å². The number of nitrogens with one attached hydrogen (secondary N) is 2. The van der Waals surface area contributed by atoms with E-state index in [4.69, 9.17) is 4.74 Å². The predicted molar refractivity (Wildman–Crippen MR) is 128 cm³/mol. The number of amides is 3. The Labute approximate surface area is 200 Å². The molecule has 2 aromatic carbocycles. The van der Waals surface area contributed by atoms with Crippen molar-refractivity contribution in [3.05, 3.63) is 66.0 Å². The van der Waals surface area contributed by atoms with Crippen LogP contribution in [-0.4, -0.2) is 74.2 Å². The normalized spacial score (nSPS) is 20.7. The van der Waals surface area contributed by atoms with Crippen molar-refractivity contribution < 1.29 is 18.7 Å². The van der Waals surface area contributed by atoms with Crippen molar-refractivity contribution in [1.29, 1.82) is 0 Å². The van der Waals surface area contributed by atoms with Gasteiger partial charge in [-0.25, -0.2) is 9.18 Å². The number of carbonyl (C=O) groups excluding carboxylic acids is 2. The highest BCUT2D eigenvalue weighted by atomic mass is 19.1. The second kappa shape index (κ2) is 11.8. The first kappa shape index (κ1) is 24.0. The molecule has 0 aromatic heterocycles. The molecule has 7 nitrogen and oxygen atoms in total. The molecule has 34 heavy (non-hydrogen) atoms. The monoisotopic (exact) mass is 468 g/mol. The standard InChI is InChI=1S/C26H33FN4O3/c27-23-7-4-8-24(16-23)34-19-21-15-22(25(32)28-10-13-31-14-11-29-26(31)33)18-30(17-21)12-9-20-5-2-1-3-6-20/h1-8,16,21-22H,9-15,17-19H2,(H,28,32)(H,29,33)/t21-,22+/m0/s1. The van der Waals surface area contributed by atoms with E-state index in [1.54, 1.807) is 17.0 Å². The predicted octanol–water partition coefficient (Wildman–Crippen LogP) is 2.53. The molecule has 2 N–H and O–H groups in total. The van der Waals surface area contributed by atoms with Gasteiger partial charge >= 0.3 is 6.03 Å². The molecule has 0 saturated carbocycles. The minimum absolute atomic E-state index is 0.0137. The fraction of sp³-hybridized carbons (Fsp3) is 0.462. The number of nitrogens with zero attached hydrogens (tertiary/aromatic N) is 2. The zero-order chi connectivity index (χ0) is 23.8. The summed E-state index contributed by atoms with van der Waals surface area (Å²) >= 11 is 0. The molecule has 0 spiro atoms. The van der Waals surface area contributed by atoms with Gasteiger partial charge in [0.2, 0.25) is 5.91 Å². The van der Waals surface area contributed by atoms with Crippen molar-refractivity contribution in [3.8, 4) is 5.75 Å². The number of carbonyl (C=O) groups is 2. The Morgan fingerprint density at radius 1 is 1.12 bits per heavy atom. The molecule has 2 aliphatic heterocycles. The zero-order valence-corrected chi connectivity index (χ0v) is 19.4. The molecule has 182 valence electrons. The molecule has 2 saturated heterocycles. The molecule has 0 unspecified atom stereocenters. The highest BCUT2D eigenvalue weighted by Gasteiger charge is 2.32. The average Bonchev–Trinajstić information content (AvgIpc) is 3.26. The third-order valence-electron chi connectivity index (χ3n) is 6.45. The minimum atomic E-state index is -0.324. The lowest BCUT2D eigenvalue weighted by Crippen LogP contribution is -2.49. The molecule has 2 heterocycles. The van der Waals surface area contributed by atoms with Crippen LogP contribution in [0.2, 0.25) is 0 Å². The number of urea groups is 1. The van der Waals surface area contributed by atoms with Gasteiger partial charge in [0.05, 0.1) is 12.5 Å². The van der Waals surface area contributed by atoms with Crippen molar-refractivity contribution in [2.45, 2.75) is 12.8 Å². The Morgan fingerprint density at radius 2 is 1.97 bits per heavy atom. The lowest BCUT2D eigenvalue weighted by Gasteiger charge is -2.37. The number of benzene rings is 2. The Kier molecular flexibility index (Phi) is 8.36. The number of hydrogen-bond acceptors (Lipinski definition) is 4. The van der Waals surface area contributed by atoms with Crippen LogP contribution in [0.4, 0.5) is 9.18 Å². The van der Waals surface area contributed by atoms with E-state index in [1.165, 1.54) is 17.7 Å². The summed E-state index contributed by atoms with van der Waals surface area (Å²) in [6.07, 6.45) is 1.63. The first-order chi connectivity index (χ1) is 16.6. The number of hydrogen-bond donors (Lipinski definition) is 2. The first-order valence-corrected chi connectivity index (χ1v) is 12.0. The van der Waals surface area contributed by atoms with Crippen LogP contribution >= 0.6 is 0 Å². The van der Waals surface area contributed by atoms with E-state index in [9.17, 15) is 14.0 Å². The Morgan fingerprint density at radius 3 is 2.74 bits per heavy atom. The number of halogens is 1. The summed E-state index contributed by atoms with van der Waals surface area (Å²) in [6, 6.07) is 16.4. The van der Waals surface area contributed by atoms with E-state index < -0.39 is 0 Å². The molecule has 8 heteroatoms. The van der Waals surface area contributed by atoms with Crippen molar-refractivity contribution in [1.82, 2.24) is 20.4 Å². The van der Waals surface area contributed by atoms with E-state index in [2.05, 4.69) is 27.7 Å². The summed E-state index contributed by atoms with van der Waals surface area (Å²) in [5.74, 6) is 0.201. The molecular weight excluding hydrogens is 435 g/mol. The third-order valence-corrected chi connectivity index (χ3v) is 6.45. The van der Waals surface area contributed by atoms with Crippen LogP contribution in [0, 0.1) is 17.7 Å². The smallest absolute Gasteiger partial charge is 0.317 e. The zero-order valence-electron chi connectivity index (χ0n) is 19.4. The molecule has 4 rings (SSSR count). The largest absolute Gasteiger partial charge is 0.493 e. The molecule has 2 atom stereocenters. The number of likely N-dealkylation sites (tertiary alicyclic amines) is 1. The second-order valence-electron chi connectivity index (χ2n) is 9.07. The first-order valence-electron chi connectivity index (χ1n) is 12.0. The topological polar surface area (TPSA) is 73.9 Å². The summed E-state index contributed by atoms with van der Waals surface area (Å²) in [7, 11) is 0. The van der Waals surface area contributed by atoms with E-state index in [0.717, 1.165) is 19.5 Å². The van der Waals surface area contributed by atoms with Gasteiger partial charge in [-0.15, -0.1) is 0 Å². The lowest BCUT2D eigenvalue weighted by molar-refractivity contribution is -0.127. The van der Waals surface area contributed by atoms with E-state index in [-0.39, 0.29) is 29.6 Å². The van der Waals surface area contributed by atoms with Crippen LogP contribution < -0.4 is 15.4 Å². The van der Waals surface area contributed by atoms with Crippen LogP contribution in [0.15, 0.2) is 54.6 Å². The Bertz CT molecular complexity index is 958. The highest BCUT2D eigenvalue weighted by molar-refractivity contribution is 5.79. The SMILES string of the molecule is O=C(NCCN1CCNC1=O)[C@@H]1C[C@H](COc2cccc(F)c2)CN(CCc2ccccc2)C1. The maximum absolute atomic E-state index is 13.5. The van der Waals surface area contributed by atoms with Gasteiger partial charge in [-0.2, -0.15) is 0 Å². The highest BCUT2D eigenvalue weighted by Crippen LogP contribution is 2.24. The number of ether oxygens (including phenoxy) is 1. The average molecular weight is 469 g/mol. The quantitative estimate of drug-likeness (QED) is 0.562. The van der Waals surface area contributed by atoms with Gasteiger partial charge < -0.3 is 25.2 Å². The molecule has 2 aliphatic rings. The van der Waals surface area contributed by atoms with Crippen LogP contribution in [0.3, 0.4) is 0 Å². The molecular formula is C26H33FN4O3. The van der Waals surface area contributed by atoms with E-state index >= 15 is 0 Å². The molecule has 0 aliphatic carbocycles. The summed E-state index contributed by atoms with van der Waals surface area (Å²) in [5.41, 5.74) is 1.27. The number of piperidine rings is 1. The lowest BCUT2D eigenvalue weighted by atomic mass is 9.88. The summed E-state index contributed by atoms with van der Waals surface area (Å²) in [5, 5.41) is 5.79. The van der Waals surface area contributed by atoms with Crippen LogP contribution in [0.25, 0.3) is 0 Å². The second-order valence-corrected chi connectivity index (χ2v) is 9.07. The van der Waals surface area contributed by atoms with E-state index in [0.29, 0.717) is 51.5 Å². The van der Waals surface area contributed by atoms with Gasteiger partial charge in [0.15, 0.2) is 0 Å². The fourth-order valence-electron chi connectivity index (χ4n) is 4.68. The van der Waals surface area contributed by atoms with Crippen molar-refractivity contribution >= 4 is 11.9 Å². The third kappa shape index (κ3) is 6.93. The van der Waals surface area contributed by atoms with Gasteiger partial charge in [-0.1, -0.05) is 36.4 Å². The van der Waals surface area contributed by atoms with Gasteiger partial charge in [-0.05, 0) is 30.5 Å². The molecule has 2 fully saturated rings. The fourth-order valence-corrected chi connectivity index (χ4v) is 4.68. The summed E-state index contributed by atoms with van der Waals surface area (Å²) < 4.78 is 19.4. The van der Waals surface area contributed by atoms with Gasteiger partial charge in [-0.3, -0.25) is 4.79 Å². The van der Waals surface area contributed by atoms with Crippen LogP contribution in [0.5, 0.6) is 5.75 Å². The maximum atomic E-state index is 13.5. The van der Waals surface area contributed by atoms with Crippen molar-refractivity contribution in [3.63, 3.8) is 0 Å². The van der Waals surface area contributed by atoms with E-state index in [1.807, 2.05) is 18.2 Å². The number of rotatable bonds is 10. The Hall–Kier alpha value is -3.13. The molecule has 0 bridgehead atoms. The van der Waals surface area contributed by atoms with Crippen LogP contribution in [-0.2, 0) is 11.2 Å². The Balaban J connectivity index is 1.33. The van der Waals surface area contributed by atoms with Gasteiger partial charge in [0, 0.05) is 57.8 Å². The molecule has 2 aromatic rings. The van der Waals surface area contributed by atoms with Crippen molar-refractivity contribution in [2.24, 2.45) is 11.8 Å². The molecule has 0 radical (unpaired) electrons. The summed E-state index contributed by atoms with van der Waals surface area (Å²) in [4.78, 5) is 28.7. The van der Waals surface area contributed by atoms with Crippen LogP contribution in [0.1, 0.15) is 12.0 Å². The maximum Gasteiger partial charge on any atom is 0.317 e.